The zero-order valence-corrected chi connectivity index (χ0v) is 18.0. The molecule has 3 rings (SSSR count). The minimum Gasteiger partial charge on any atom is -0.379 e. The number of likely N-dealkylation sites (N-methyl/N-ethyl adjacent to an activating group) is 1. The molecule has 156 valence electrons. The summed E-state index contributed by atoms with van der Waals surface area (Å²) in [7, 11) is 4.02. The fraction of sp³-hybridized carbons (Fsp3) is 0.500. The highest BCUT2D eigenvalue weighted by Crippen LogP contribution is 2.37. The predicted molar refractivity (Wildman–Crippen MR) is 119 cm³/mol. The third-order valence-electron chi connectivity index (χ3n) is 5.10. The zero-order valence-electron chi connectivity index (χ0n) is 17.2. The molecule has 9 heteroatoms. The standard InChI is InChI=1S/C20H29N7OS/c1-20(7-10-29-19(21)26-20)14-5-4-6-15(11-14)25-18(28)16-12-24-17(13-23-16)22-8-9-27(2)3/h4,6,11-14H,5,7-10H2,1-3H3,(H2,21,26)(H,22,24)(H,25,28). The van der Waals surface area contributed by atoms with Crippen LogP contribution in [0, 0.1) is 5.92 Å². The first-order chi connectivity index (χ1) is 13.9. The smallest absolute Gasteiger partial charge is 0.275 e. The summed E-state index contributed by atoms with van der Waals surface area (Å²) in [6.45, 7) is 3.78. The van der Waals surface area contributed by atoms with Gasteiger partial charge in [0.1, 0.15) is 11.5 Å². The average Bonchev–Trinajstić information content (AvgIpc) is 2.68. The third-order valence-corrected chi connectivity index (χ3v) is 5.89. The number of hydrogen-bond donors (Lipinski definition) is 3. The molecule has 2 unspecified atom stereocenters. The molecule has 4 N–H and O–H groups in total. The Morgan fingerprint density at radius 3 is 2.90 bits per heavy atom. The molecule has 0 spiro atoms. The van der Waals surface area contributed by atoms with E-state index in [9.17, 15) is 4.79 Å². The Hall–Kier alpha value is -2.39. The Labute approximate surface area is 176 Å². The highest BCUT2D eigenvalue weighted by Gasteiger charge is 2.35. The van der Waals surface area contributed by atoms with Gasteiger partial charge in [0.05, 0.1) is 17.9 Å². The van der Waals surface area contributed by atoms with Gasteiger partial charge in [0.25, 0.3) is 5.91 Å². The van der Waals surface area contributed by atoms with Crippen LogP contribution < -0.4 is 16.4 Å². The molecule has 2 heterocycles. The molecule has 0 fully saturated rings. The number of nitrogens with zero attached hydrogens (tertiary/aromatic N) is 4. The number of aliphatic imine (C=N–C) groups is 1. The van der Waals surface area contributed by atoms with E-state index in [2.05, 4.69) is 49.6 Å². The number of nitrogens with two attached hydrogens (primary N) is 1. The van der Waals surface area contributed by atoms with Crippen LogP contribution in [-0.2, 0) is 0 Å². The van der Waals surface area contributed by atoms with Gasteiger partial charge in [0.15, 0.2) is 5.17 Å². The molecule has 1 aliphatic carbocycles. The molecule has 1 aromatic rings. The van der Waals surface area contributed by atoms with E-state index in [1.54, 1.807) is 18.0 Å². The maximum atomic E-state index is 12.6. The highest BCUT2D eigenvalue weighted by molar-refractivity contribution is 8.13. The molecule has 29 heavy (non-hydrogen) atoms. The Morgan fingerprint density at radius 1 is 1.38 bits per heavy atom. The lowest BCUT2D eigenvalue weighted by atomic mass is 9.79. The van der Waals surface area contributed by atoms with E-state index in [0.717, 1.165) is 37.4 Å². The van der Waals surface area contributed by atoms with Crippen LogP contribution in [0.15, 0.2) is 41.3 Å². The second-order valence-electron chi connectivity index (χ2n) is 7.74. The van der Waals surface area contributed by atoms with Gasteiger partial charge in [-0.3, -0.25) is 9.79 Å². The summed E-state index contributed by atoms with van der Waals surface area (Å²) >= 11 is 1.60. The first-order valence-electron chi connectivity index (χ1n) is 9.74. The Kier molecular flexibility index (Phi) is 6.92. The number of amidine groups is 1. The van der Waals surface area contributed by atoms with Gasteiger partial charge in [-0.15, -0.1) is 0 Å². The molecule has 8 nitrogen and oxygen atoms in total. The summed E-state index contributed by atoms with van der Waals surface area (Å²) in [5.74, 6) is 1.53. The molecule has 1 aromatic heterocycles. The van der Waals surface area contributed by atoms with Crippen molar-refractivity contribution in [3.05, 3.63) is 42.0 Å². The van der Waals surface area contributed by atoms with E-state index in [-0.39, 0.29) is 23.1 Å². The topological polar surface area (TPSA) is 109 Å². The second kappa shape index (κ2) is 9.41. The lowest BCUT2D eigenvalue weighted by Gasteiger charge is -2.36. The first-order valence-corrected chi connectivity index (χ1v) is 10.7. The van der Waals surface area contributed by atoms with Crippen molar-refractivity contribution in [3.63, 3.8) is 0 Å². The van der Waals surface area contributed by atoms with Crippen molar-refractivity contribution in [2.75, 3.05) is 38.3 Å². The molecular weight excluding hydrogens is 386 g/mol. The Morgan fingerprint density at radius 2 is 2.21 bits per heavy atom. The number of carbonyl (C=O) groups excluding carboxylic acids is 1. The zero-order chi connectivity index (χ0) is 20.9. The van der Waals surface area contributed by atoms with Crippen LogP contribution in [-0.4, -0.2) is 64.4 Å². The number of aromatic nitrogens is 2. The third kappa shape index (κ3) is 5.80. The van der Waals surface area contributed by atoms with Crippen molar-refractivity contribution >= 4 is 28.7 Å². The van der Waals surface area contributed by atoms with Crippen LogP contribution in [0.25, 0.3) is 0 Å². The van der Waals surface area contributed by atoms with Gasteiger partial charge < -0.3 is 21.3 Å². The number of thioether (sulfide) groups is 1. The fourth-order valence-corrected chi connectivity index (χ4v) is 4.31. The van der Waals surface area contributed by atoms with Gasteiger partial charge in [-0.05, 0) is 39.9 Å². The maximum Gasteiger partial charge on any atom is 0.275 e. The molecule has 1 aliphatic heterocycles. The predicted octanol–water partition coefficient (Wildman–Crippen LogP) is 1.85. The normalized spacial score (nSPS) is 24.1. The molecule has 0 radical (unpaired) electrons. The van der Waals surface area contributed by atoms with E-state index < -0.39 is 0 Å². The number of nitrogens with one attached hydrogen (secondary N) is 2. The maximum absolute atomic E-state index is 12.6. The van der Waals surface area contributed by atoms with Crippen molar-refractivity contribution in [3.8, 4) is 0 Å². The summed E-state index contributed by atoms with van der Waals surface area (Å²) < 4.78 is 0. The monoisotopic (exact) mass is 415 g/mol. The summed E-state index contributed by atoms with van der Waals surface area (Å²) in [5.41, 5.74) is 6.75. The molecule has 0 saturated heterocycles. The van der Waals surface area contributed by atoms with Gasteiger partial charge in [-0.25, -0.2) is 9.97 Å². The number of anilines is 1. The van der Waals surface area contributed by atoms with Crippen molar-refractivity contribution in [1.29, 1.82) is 0 Å². The summed E-state index contributed by atoms with van der Waals surface area (Å²) in [6, 6.07) is 0. The van der Waals surface area contributed by atoms with Crippen molar-refractivity contribution in [2.45, 2.75) is 25.3 Å². The SMILES string of the molecule is CN(C)CCNc1cnc(C(=O)NC2=CC(C3(C)CCSC(N)=N3)CC=C2)cn1. The average molecular weight is 416 g/mol. The van der Waals surface area contributed by atoms with Gasteiger partial charge in [0, 0.05) is 30.5 Å². The van der Waals surface area contributed by atoms with Gasteiger partial charge >= 0.3 is 0 Å². The largest absolute Gasteiger partial charge is 0.379 e. The molecular formula is C20H29N7OS. The quantitative estimate of drug-likeness (QED) is 0.624. The van der Waals surface area contributed by atoms with Crippen molar-refractivity contribution in [1.82, 2.24) is 20.2 Å². The summed E-state index contributed by atoms with van der Waals surface area (Å²) in [6.07, 6.45) is 11.0. The van der Waals surface area contributed by atoms with Gasteiger partial charge in [-0.1, -0.05) is 23.9 Å². The lowest BCUT2D eigenvalue weighted by molar-refractivity contribution is 0.0961. The summed E-state index contributed by atoms with van der Waals surface area (Å²) in [5, 5.41) is 6.75. The lowest BCUT2D eigenvalue weighted by Crippen LogP contribution is -2.38. The van der Waals surface area contributed by atoms with Crippen LogP contribution >= 0.6 is 11.8 Å². The van der Waals surface area contributed by atoms with Crippen molar-refractivity contribution in [2.24, 2.45) is 16.6 Å². The van der Waals surface area contributed by atoms with Crippen molar-refractivity contribution < 1.29 is 4.79 Å². The fourth-order valence-electron chi connectivity index (χ4n) is 3.31. The number of rotatable bonds is 7. The van der Waals surface area contributed by atoms with E-state index in [1.807, 2.05) is 20.2 Å². The first kappa shape index (κ1) is 21.3. The second-order valence-corrected chi connectivity index (χ2v) is 8.86. The number of hydrogen-bond acceptors (Lipinski definition) is 8. The van der Waals surface area contributed by atoms with Crippen LogP contribution in [0.1, 0.15) is 30.3 Å². The van der Waals surface area contributed by atoms with Crippen LogP contribution in [0.3, 0.4) is 0 Å². The van der Waals surface area contributed by atoms with E-state index in [1.165, 1.54) is 6.20 Å². The highest BCUT2D eigenvalue weighted by atomic mass is 32.2. The minimum absolute atomic E-state index is 0.191. The molecule has 0 aromatic carbocycles. The summed E-state index contributed by atoms with van der Waals surface area (Å²) in [4.78, 5) is 27.8. The Balaban J connectivity index is 1.61. The van der Waals surface area contributed by atoms with E-state index in [4.69, 9.17) is 5.73 Å². The van der Waals surface area contributed by atoms with Gasteiger partial charge in [0.2, 0.25) is 0 Å². The van der Waals surface area contributed by atoms with E-state index in [0.29, 0.717) is 11.0 Å². The number of amides is 1. The minimum atomic E-state index is -0.277. The van der Waals surface area contributed by atoms with Crippen LogP contribution in [0.2, 0.25) is 0 Å². The van der Waals surface area contributed by atoms with Gasteiger partial charge in [-0.2, -0.15) is 0 Å². The number of allylic oxidation sites excluding steroid dienone is 2. The number of carbonyl (C=O) groups is 1. The molecule has 2 atom stereocenters. The Bertz CT molecular complexity index is 819. The molecule has 2 aliphatic rings. The van der Waals surface area contributed by atoms with Crippen LogP contribution in [0.5, 0.6) is 0 Å². The van der Waals surface area contributed by atoms with Crippen LogP contribution in [0.4, 0.5) is 5.82 Å². The molecule has 1 amide bonds. The van der Waals surface area contributed by atoms with E-state index >= 15 is 0 Å². The molecule has 0 saturated carbocycles. The molecule has 0 bridgehead atoms.